The van der Waals surface area contributed by atoms with Crippen molar-refractivity contribution in [3.63, 3.8) is 0 Å². The van der Waals surface area contributed by atoms with Crippen LogP contribution in [0.1, 0.15) is 53.9 Å². The van der Waals surface area contributed by atoms with Crippen LogP contribution in [0.2, 0.25) is 0 Å². The summed E-state index contributed by atoms with van der Waals surface area (Å²) in [7, 11) is 4.30. The molecule has 0 radical (unpaired) electrons. The van der Waals surface area contributed by atoms with Gasteiger partial charge in [0.2, 0.25) is 0 Å². The predicted octanol–water partition coefficient (Wildman–Crippen LogP) is 3.38. The monoisotopic (exact) mass is 242 g/mol. The number of rotatable bonds is 9. The van der Waals surface area contributed by atoms with Crippen molar-refractivity contribution in [2.24, 2.45) is 11.3 Å². The first-order chi connectivity index (χ1) is 7.80. The van der Waals surface area contributed by atoms with Crippen LogP contribution in [0.15, 0.2) is 0 Å². The van der Waals surface area contributed by atoms with E-state index in [0.29, 0.717) is 11.5 Å². The fourth-order valence-corrected chi connectivity index (χ4v) is 2.38. The molecule has 17 heavy (non-hydrogen) atoms. The highest BCUT2D eigenvalue weighted by atomic mass is 15.1. The third kappa shape index (κ3) is 8.62. The van der Waals surface area contributed by atoms with E-state index in [-0.39, 0.29) is 0 Å². The van der Waals surface area contributed by atoms with Gasteiger partial charge in [0.05, 0.1) is 0 Å². The first-order valence-corrected chi connectivity index (χ1v) is 7.18. The summed E-state index contributed by atoms with van der Waals surface area (Å²) in [5.41, 5.74) is 0.354. The van der Waals surface area contributed by atoms with Crippen molar-refractivity contribution in [3.05, 3.63) is 0 Å². The molecule has 0 aliphatic heterocycles. The van der Waals surface area contributed by atoms with Gasteiger partial charge >= 0.3 is 0 Å². The molecule has 0 heterocycles. The van der Waals surface area contributed by atoms with Crippen molar-refractivity contribution in [3.8, 4) is 0 Å². The van der Waals surface area contributed by atoms with Crippen LogP contribution in [-0.2, 0) is 0 Å². The van der Waals surface area contributed by atoms with Crippen LogP contribution in [0.25, 0.3) is 0 Å². The molecule has 2 nitrogen and oxygen atoms in total. The van der Waals surface area contributed by atoms with E-state index in [1.165, 1.54) is 19.3 Å². The quantitative estimate of drug-likeness (QED) is 0.667. The Bertz CT molecular complexity index is 187. The van der Waals surface area contributed by atoms with Crippen molar-refractivity contribution in [2.45, 2.75) is 59.9 Å². The lowest BCUT2D eigenvalue weighted by Crippen LogP contribution is -2.42. The third-order valence-electron chi connectivity index (χ3n) is 3.49. The first-order valence-electron chi connectivity index (χ1n) is 7.18. The minimum atomic E-state index is 0.354. The van der Waals surface area contributed by atoms with Gasteiger partial charge in [0.25, 0.3) is 0 Å². The lowest BCUT2D eigenvalue weighted by Gasteiger charge is -2.31. The molecular formula is C15H34N2. The SMILES string of the molecule is CCC(C)CC(CC)NCC(C)(C)CN(C)C. The lowest BCUT2D eigenvalue weighted by molar-refractivity contribution is 0.219. The molecule has 0 bridgehead atoms. The van der Waals surface area contributed by atoms with Crippen LogP contribution in [0.5, 0.6) is 0 Å². The fourth-order valence-electron chi connectivity index (χ4n) is 2.38. The molecule has 0 spiro atoms. The highest BCUT2D eigenvalue weighted by Gasteiger charge is 2.20. The maximum atomic E-state index is 3.75. The number of hydrogen-bond acceptors (Lipinski definition) is 2. The zero-order valence-electron chi connectivity index (χ0n) is 13.1. The summed E-state index contributed by atoms with van der Waals surface area (Å²) in [6, 6.07) is 0.686. The Kier molecular flexibility index (Phi) is 8.06. The van der Waals surface area contributed by atoms with Gasteiger partial charge in [-0.05, 0) is 38.3 Å². The molecule has 0 rings (SSSR count). The van der Waals surface area contributed by atoms with Gasteiger partial charge < -0.3 is 10.2 Å². The van der Waals surface area contributed by atoms with E-state index in [2.05, 4.69) is 58.9 Å². The van der Waals surface area contributed by atoms with Crippen molar-refractivity contribution in [1.82, 2.24) is 10.2 Å². The van der Waals surface area contributed by atoms with E-state index >= 15 is 0 Å². The summed E-state index contributed by atoms with van der Waals surface area (Å²) < 4.78 is 0. The molecular weight excluding hydrogens is 208 g/mol. The largest absolute Gasteiger partial charge is 0.313 e. The molecule has 2 unspecified atom stereocenters. The van der Waals surface area contributed by atoms with Crippen LogP contribution in [0.4, 0.5) is 0 Å². The topological polar surface area (TPSA) is 15.3 Å². The molecule has 2 heteroatoms. The van der Waals surface area contributed by atoms with Gasteiger partial charge in [0.1, 0.15) is 0 Å². The summed E-state index contributed by atoms with van der Waals surface area (Å²) >= 11 is 0. The molecule has 2 atom stereocenters. The van der Waals surface area contributed by atoms with Gasteiger partial charge in [-0.2, -0.15) is 0 Å². The first kappa shape index (κ1) is 16.9. The Morgan fingerprint density at radius 2 is 1.71 bits per heavy atom. The molecule has 0 saturated heterocycles. The van der Waals surface area contributed by atoms with Crippen LogP contribution >= 0.6 is 0 Å². The van der Waals surface area contributed by atoms with Crippen LogP contribution in [-0.4, -0.2) is 38.1 Å². The average molecular weight is 242 g/mol. The van der Waals surface area contributed by atoms with Crippen LogP contribution in [0.3, 0.4) is 0 Å². The normalized spacial score (nSPS) is 16.2. The van der Waals surface area contributed by atoms with E-state index in [4.69, 9.17) is 0 Å². The second-order valence-electron chi connectivity index (χ2n) is 6.64. The van der Waals surface area contributed by atoms with E-state index in [1.807, 2.05) is 0 Å². The predicted molar refractivity (Wildman–Crippen MR) is 78.5 cm³/mol. The Labute approximate surface area is 109 Å². The molecule has 0 aromatic rings. The van der Waals surface area contributed by atoms with Gasteiger partial charge in [-0.3, -0.25) is 0 Å². The van der Waals surface area contributed by atoms with Gasteiger partial charge in [-0.1, -0.05) is 41.0 Å². The Hall–Kier alpha value is -0.0800. The number of nitrogens with zero attached hydrogens (tertiary/aromatic N) is 1. The average Bonchev–Trinajstić information content (AvgIpc) is 2.21. The Morgan fingerprint density at radius 1 is 1.12 bits per heavy atom. The molecule has 0 saturated carbocycles. The lowest BCUT2D eigenvalue weighted by atomic mass is 9.91. The fraction of sp³-hybridized carbons (Fsp3) is 1.00. The van der Waals surface area contributed by atoms with Crippen LogP contribution < -0.4 is 5.32 Å². The summed E-state index contributed by atoms with van der Waals surface area (Å²) in [6.45, 7) is 13.9. The number of nitrogens with one attached hydrogen (secondary N) is 1. The maximum Gasteiger partial charge on any atom is 0.00672 e. The second-order valence-corrected chi connectivity index (χ2v) is 6.64. The van der Waals surface area contributed by atoms with E-state index in [0.717, 1.165) is 19.0 Å². The third-order valence-corrected chi connectivity index (χ3v) is 3.49. The standard InChI is InChI=1S/C15H34N2/c1-8-13(3)10-14(9-2)16-11-15(4,5)12-17(6)7/h13-14,16H,8-12H2,1-7H3. The molecule has 0 aromatic heterocycles. The van der Waals surface area contributed by atoms with Gasteiger partial charge in [0, 0.05) is 19.1 Å². The van der Waals surface area contributed by atoms with Gasteiger partial charge in [0.15, 0.2) is 0 Å². The highest BCUT2D eigenvalue weighted by Crippen LogP contribution is 2.17. The van der Waals surface area contributed by atoms with Crippen molar-refractivity contribution in [1.29, 1.82) is 0 Å². The highest BCUT2D eigenvalue weighted by molar-refractivity contribution is 4.77. The van der Waals surface area contributed by atoms with Gasteiger partial charge in [-0.15, -0.1) is 0 Å². The van der Waals surface area contributed by atoms with Crippen molar-refractivity contribution >= 4 is 0 Å². The van der Waals surface area contributed by atoms with Crippen molar-refractivity contribution in [2.75, 3.05) is 27.2 Å². The zero-order valence-corrected chi connectivity index (χ0v) is 13.1. The van der Waals surface area contributed by atoms with Crippen LogP contribution in [0, 0.1) is 11.3 Å². The molecule has 1 N–H and O–H groups in total. The van der Waals surface area contributed by atoms with E-state index in [9.17, 15) is 0 Å². The minimum Gasteiger partial charge on any atom is -0.313 e. The number of hydrogen-bond donors (Lipinski definition) is 1. The van der Waals surface area contributed by atoms with Gasteiger partial charge in [-0.25, -0.2) is 0 Å². The molecule has 0 fully saturated rings. The smallest absolute Gasteiger partial charge is 0.00672 e. The maximum absolute atomic E-state index is 3.75. The summed E-state index contributed by atoms with van der Waals surface area (Å²) in [5, 5.41) is 3.75. The minimum absolute atomic E-state index is 0.354. The molecule has 0 aromatic carbocycles. The summed E-state index contributed by atoms with van der Waals surface area (Å²) in [5.74, 6) is 0.837. The summed E-state index contributed by atoms with van der Waals surface area (Å²) in [6.07, 6.45) is 3.84. The molecule has 0 amide bonds. The molecule has 0 aliphatic rings. The zero-order chi connectivity index (χ0) is 13.5. The van der Waals surface area contributed by atoms with E-state index < -0.39 is 0 Å². The Morgan fingerprint density at radius 3 is 2.12 bits per heavy atom. The molecule has 104 valence electrons. The Balaban J connectivity index is 4.04. The second kappa shape index (κ2) is 8.10. The summed E-state index contributed by atoms with van der Waals surface area (Å²) in [4.78, 5) is 2.28. The van der Waals surface area contributed by atoms with Crippen molar-refractivity contribution < 1.29 is 0 Å². The molecule has 0 aliphatic carbocycles. The van der Waals surface area contributed by atoms with E-state index in [1.54, 1.807) is 0 Å².